The van der Waals surface area contributed by atoms with Gasteiger partial charge in [-0.25, -0.2) is 4.98 Å². The number of carbonyl (C=O) groups is 1. The Hall–Kier alpha value is -1.36. The first kappa shape index (κ1) is 11.7. The normalized spacial score (nSPS) is 27.3. The number of nitrogens with zero attached hydrogens (tertiary/aromatic N) is 3. The van der Waals surface area contributed by atoms with Gasteiger partial charge in [-0.1, -0.05) is 6.42 Å². The number of imidazole rings is 1. The van der Waals surface area contributed by atoms with E-state index < -0.39 is 0 Å². The summed E-state index contributed by atoms with van der Waals surface area (Å²) in [5, 5.41) is 0. The van der Waals surface area contributed by atoms with Crippen LogP contribution in [0.25, 0.3) is 0 Å². The molecular weight excluding hydrogens is 228 g/mol. The van der Waals surface area contributed by atoms with Gasteiger partial charge in [-0.3, -0.25) is 4.79 Å². The molecule has 0 radical (unpaired) electrons. The molecule has 0 bridgehead atoms. The van der Waals surface area contributed by atoms with Gasteiger partial charge in [0.1, 0.15) is 5.82 Å². The van der Waals surface area contributed by atoms with Crippen LogP contribution in [0.4, 0.5) is 0 Å². The Bertz CT molecular complexity index is 442. The highest BCUT2D eigenvalue weighted by atomic mass is 16.2. The van der Waals surface area contributed by atoms with Gasteiger partial charge in [0.25, 0.3) is 0 Å². The quantitative estimate of drug-likeness (QED) is 0.839. The summed E-state index contributed by atoms with van der Waals surface area (Å²) in [6.07, 6.45) is 7.74. The van der Waals surface area contributed by atoms with Gasteiger partial charge in [0.05, 0.1) is 6.54 Å². The molecule has 98 valence electrons. The SMILES string of the molecule is N[C@@H]1CCC[C@H]1CC(=O)N1CCn2ccnc2C1. The van der Waals surface area contributed by atoms with Crippen LogP contribution in [0, 0.1) is 5.92 Å². The van der Waals surface area contributed by atoms with Crippen molar-refractivity contribution in [3.63, 3.8) is 0 Å². The van der Waals surface area contributed by atoms with E-state index in [1.54, 1.807) is 6.20 Å². The zero-order valence-corrected chi connectivity index (χ0v) is 10.6. The maximum absolute atomic E-state index is 12.3. The summed E-state index contributed by atoms with van der Waals surface area (Å²) in [5.41, 5.74) is 6.03. The van der Waals surface area contributed by atoms with Crippen LogP contribution in [0.15, 0.2) is 12.4 Å². The van der Waals surface area contributed by atoms with E-state index in [9.17, 15) is 4.79 Å². The highest BCUT2D eigenvalue weighted by molar-refractivity contribution is 5.76. The van der Waals surface area contributed by atoms with E-state index in [2.05, 4.69) is 9.55 Å². The molecule has 2 aliphatic rings. The molecule has 3 rings (SSSR count). The molecule has 0 unspecified atom stereocenters. The Labute approximate surface area is 107 Å². The molecule has 1 aromatic heterocycles. The first-order valence-corrected chi connectivity index (χ1v) is 6.77. The minimum atomic E-state index is 0.223. The van der Waals surface area contributed by atoms with Crippen LogP contribution in [-0.4, -0.2) is 32.9 Å². The van der Waals surface area contributed by atoms with Gasteiger partial charge in [-0.15, -0.1) is 0 Å². The molecule has 1 saturated carbocycles. The van der Waals surface area contributed by atoms with E-state index in [-0.39, 0.29) is 11.9 Å². The van der Waals surface area contributed by atoms with Crippen molar-refractivity contribution < 1.29 is 4.79 Å². The molecule has 0 spiro atoms. The summed E-state index contributed by atoms with van der Waals surface area (Å²) < 4.78 is 2.12. The Morgan fingerprint density at radius 2 is 2.33 bits per heavy atom. The predicted molar refractivity (Wildman–Crippen MR) is 67.6 cm³/mol. The van der Waals surface area contributed by atoms with Crippen molar-refractivity contribution in [1.29, 1.82) is 0 Å². The number of amides is 1. The lowest BCUT2D eigenvalue weighted by Crippen LogP contribution is -2.40. The molecule has 0 saturated heterocycles. The van der Waals surface area contributed by atoms with Gasteiger partial charge >= 0.3 is 0 Å². The van der Waals surface area contributed by atoms with Gasteiger partial charge in [0.15, 0.2) is 0 Å². The molecule has 5 nitrogen and oxygen atoms in total. The standard InChI is InChI=1S/C13H20N4O/c14-11-3-1-2-10(11)8-13(18)17-7-6-16-5-4-15-12(16)9-17/h4-5,10-11H,1-3,6-9,14H2/t10-,11+/m0/s1. The van der Waals surface area contributed by atoms with Gasteiger partial charge in [0.2, 0.25) is 5.91 Å². The minimum Gasteiger partial charge on any atom is -0.333 e. The predicted octanol–water partition coefficient (Wildman–Crippen LogP) is 0.743. The number of hydrogen-bond donors (Lipinski definition) is 1. The Kier molecular flexibility index (Phi) is 3.07. The van der Waals surface area contributed by atoms with E-state index in [1.807, 2.05) is 11.1 Å². The molecule has 1 aliphatic heterocycles. The van der Waals surface area contributed by atoms with Crippen molar-refractivity contribution in [1.82, 2.24) is 14.5 Å². The number of nitrogens with two attached hydrogens (primary N) is 1. The second kappa shape index (κ2) is 4.72. The second-order valence-electron chi connectivity index (χ2n) is 5.41. The molecule has 1 aliphatic carbocycles. The van der Waals surface area contributed by atoms with E-state index in [1.165, 1.54) is 6.42 Å². The summed E-state index contributed by atoms with van der Waals surface area (Å²) in [6.45, 7) is 2.30. The third-order valence-corrected chi connectivity index (χ3v) is 4.25. The van der Waals surface area contributed by atoms with Gasteiger partial charge in [-0.2, -0.15) is 0 Å². The average Bonchev–Trinajstić information content (AvgIpc) is 2.98. The number of carbonyl (C=O) groups excluding carboxylic acids is 1. The zero-order chi connectivity index (χ0) is 12.5. The Balaban J connectivity index is 1.61. The van der Waals surface area contributed by atoms with Crippen LogP contribution < -0.4 is 5.73 Å². The smallest absolute Gasteiger partial charge is 0.223 e. The van der Waals surface area contributed by atoms with Gasteiger partial charge in [0, 0.05) is 37.9 Å². The lowest BCUT2D eigenvalue weighted by Gasteiger charge is -2.29. The molecule has 2 N–H and O–H groups in total. The highest BCUT2D eigenvalue weighted by Gasteiger charge is 2.29. The lowest BCUT2D eigenvalue weighted by atomic mass is 9.99. The molecular formula is C13H20N4O. The maximum Gasteiger partial charge on any atom is 0.223 e. The van der Waals surface area contributed by atoms with Crippen LogP contribution >= 0.6 is 0 Å². The molecule has 1 fully saturated rings. The van der Waals surface area contributed by atoms with Crippen LogP contribution in [0.5, 0.6) is 0 Å². The topological polar surface area (TPSA) is 64.2 Å². The fourth-order valence-electron chi connectivity index (χ4n) is 3.06. The van der Waals surface area contributed by atoms with Crippen molar-refractivity contribution in [2.24, 2.45) is 11.7 Å². The Morgan fingerprint density at radius 3 is 3.11 bits per heavy atom. The number of hydrogen-bond acceptors (Lipinski definition) is 3. The van der Waals surface area contributed by atoms with E-state index in [0.717, 1.165) is 31.8 Å². The van der Waals surface area contributed by atoms with E-state index in [0.29, 0.717) is 18.9 Å². The van der Waals surface area contributed by atoms with E-state index in [4.69, 9.17) is 5.73 Å². The molecule has 2 heterocycles. The number of aromatic nitrogens is 2. The molecule has 0 aromatic carbocycles. The monoisotopic (exact) mass is 248 g/mol. The van der Waals surface area contributed by atoms with Crippen LogP contribution in [0.3, 0.4) is 0 Å². The molecule has 18 heavy (non-hydrogen) atoms. The van der Waals surface area contributed by atoms with Crippen molar-refractivity contribution in [2.45, 2.75) is 44.8 Å². The molecule has 1 amide bonds. The van der Waals surface area contributed by atoms with Crippen LogP contribution in [0.2, 0.25) is 0 Å². The number of rotatable bonds is 2. The summed E-state index contributed by atoms with van der Waals surface area (Å²) in [4.78, 5) is 18.5. The third-order valence-electron chi connectivity index (χ3n) is 4.25. The summed E-state index contributed by atoms with van der Waals surface area (Å²) in [6, 6.07) is 0.223. The van der Waals surface area contributed by atoms with Crippen LogP contribution in [0.1, 0.15) is 31.5 Å². The average molecular weight is 248 g/mol. The summed E-state index contributed by atoms with van der Waals surface area (Å²) in [7, 11) is 0. The Morgan fingerprint density at radius 1 is 1.44 bits per heavy atom. The second-order valence-corrected chi connectivity index (χ2v) is 5.41. The first-order valence-electron chi connectivity index (χ1n) is 6.77. The van der Waals surface area contributed by atoms with Crippen LogP contribution in [-0.2, 0) is 17.9 Å². The first-order chi connectivity index (χ1) is 8.74. The van der Waals surface area contributed by atoms with Gasteiger partial charge < -0.3 is 15.2 Å². The number of fused-ring (bicyclic) bond motifs is 1. The molecule has 1 aromatic rings. The lowest BCUT2D eigenvalue weighted by molar-refractivity contribution is -0.133. The molecule has 5 heteroatoms. The van der Waals surface area contributed by atoms with Crippen molar-refractivity contribution in [3.8, 4) is 0 Å². The fraction of sp³-hybridized carbons (Fsp3) is 0.692. The largest absolute Gasteiger partial charge is 0.333 e. The highest BCUT2D eigenvalue weighted by Crippen LogP contribution is 2.27. The van der Waals surface area contributed by atoms with Crippen molar-refractivity contribution >= 4 is 5.91 Å². The van der Waals surface area contributed by atoms with Crippen molar-refractivity contribution in [2.75, 3.05) is 6.54 Å². The maximum atomic E-state index is 12.3. The van der Waals surface area contributed by atoms with Gasteiger partial charge in [-0.05, 0) is 18.8 Å². The molecule has 2 atom stereocenters. The fourth-order valence-corrected chi connectivity index (χ4v) is 3.06. The third kappa shape index (κ3) is 2.14. The van der Waals surface area contributed by atoms with Crippen molar-refractivity contribution in [3.05, 3.63) is 18.2 Å². The zero-order valence-electron chi connectivity index (χ0n) is 10.6. The summed E-state index contributed by atoms with van der Waals surface area (Å²) >= 11 is 0. The minimum absolute atomic E-state index is 0.223. The van der Waals surface area contributed by atoms with E-state index >= 15 is 0 Å². The summed E-state index contributed by atoms with van der Waals surface area (Å²) in [5.74, 6) is 1.62.